The molecule has 0 radical (unpaired) electrons. The van der Waals surface area contributed by atoms with Crippen LogP contribution in [0.3, 0.4) is 0 Å². The number of morpholine rings is 1. The smallest absolute Gasteiger partial charge is 0.268 e. The van der Waals surface area contributed by atoms with Gasteiger partial charge in [-0.2, -0.15) is 5.10 Å². The zero-order valence-corrected chi connectivity index (χ0v) is 11.1. The van der Waals surface area contributed by atoms with Gasteiger partial charge in [-0.3, -0.25) is 14.5 Å². The van der Waals surface area contributed by atoms with Gasteiger partial charge in [0.15, 0.2) is 0 Å². The maximum atomic E-state index is 11.7. The minimum Gasteiger partial charge on any atom is -0.379 e. The number of hydrogen-bond donors (Lipinski definition) is 2. The monoisotopic (exact) mass is 268 g/mol. The summed E-state index contributed by atoms with van der Waals surface area (Å²) < 4.78 is 5.29. The van der Waals surface area contributed by atoms with E-state index in [1.807, 2.05) is 0 Å². The highest BCUT2D eigenvalue weighted by molar-refractivity contribution is 6.43. The quantitative estimate of drug-likeness (QED) is 0.666. The van der Waals surface area contributed by atoms with E-state index in [1.54, 1.807) is 0 Å². The molecule has 2 rings (SSSR count). The van der Waals surface area contributed by atoms with E-state index < -0.39 is 0 Å². The van der Waals surface area contributed by atoms with Crippen molar-refractivity contribution in [2.24, 2.45) is 11.0 Å². The minimum atomic E-state index is -0.257. The van der Waals surface area contributed by atoms with Crippen LogP contribution in [0.4, 0.5) is 0 Å². The van der Waals surface area contributed by atoms with Gasteiger partial charge in [-0.25, -0.2) is 5.43 Å². The first-order valence-electron chi connectivity index (χ1n) is 6.59. The molecular formula is C12H20N4O3. The molecule has 0 saturated carbocycles. The Morgan fingerprint density at radius 1 is 1.53 bits per heavy atom. The Balaban J connectivity index is 1.66. The van der Waals surface area contributed by atoms with Crippen molar-refractivity contribution in [1.82, 2.24) is 15.6 Å². The molecule has 1 unspecified atom stereocenters. The van der Waals surface area contributed by atoms with E-state index in [9.17, 15) is 9.59 Å². The molecule has 2 heterocycles. The topological polar surface area (TPSA) is 83.0 Å². The van der Waals surface area contributed by atoms with Gasteiger partial charge in [0, 0.05) is 26.2 Å². The molecule has 7 heteroatoms. The largest absolute Gasteiger partial charge is 0.379 e. The lowest BCUT2D eigenvalue weighted by atomic mass is 10.1. The molecule has 0 spiro atoms. The second-order valence-electron chi connectivity index (χ2n) is 5.00. The Morgan fingerprint density at radius 3 is 2.89 bits per heavy atom. The van der Waals surface area contributed by atoms with Crippen LogP contribution in [0.25, 0.3) is 0 Å². The zero-order valence-electron chi connectivity index (χ0n) is 11.1. The molecule has 2 N–H and O–H groups in total. The lowest BCUT2D eigenvalue weighted by Crippen LogP contribution is -2.42. The molecule has 0 aromatic heterocycles. The standard InChI is InChI=1S/C12H20N4O3/c1-9(8-16-2-4-19-5-3-16)7-13-12(18)10-6-11(17)15-14-10/h9H,2-8H2,1H3,(H,13,18)(H,15,17). The van der Waals surface area contributed by atoms with Crippen LogP contribution in [-0.4, -0.2) is 61.8 Å². The normalized spacial score (nSPS) is 21.7. The van der Waals surface area contributed by atoms with E-state index in [4.69, 9.17) is 4.74 Å². The maximum absolute atomic E-state index is 11.7. The molecule has 2 aliphatic rings. The van der Waals surface area contributed by atoms with E-state index in [2.05, 4.69) is 27.7 Å². The van der Waals surface area contributed by atoms with Gasteiger partial charge in [-0.1, -0.05) is 6.92 Å². The summed E-state index contributed by atoms with van der Waals surface area (Å²) in [5.74, 6) is -0.133. The van der Waals surface area contributed by atoms with Crippen LogP contribution in [0.2, 0.25) is 0 Å². The lowest BCUT2D eigenvalue weighted by molar-refractivity contribution is -0.120. The first kappa shape index (κ1) is 14.0. The number of nitrogens with zero attached hydrogens (tertiary/aromatic N) is 2. The van der Waals surface area contributed by atoms with Gasteiger partial charge in [0.25, 0.3) is 5.91 Å². The first-order chi connectivity index (χ1) is 9.15. The molecule has 1 fully saturated rings. The fraction of sp³-hybridized carbons (Fsp3) is 0.750. The lowest BCUT2D eigenvalue weighted by Gasteiger charge is -2.29. The highest BCUT2D eigenvalue weighted by atomic mass is 16.5. The zero-order chi connectivity index (χ0) is 13.7. The second kappa shape index (κ2) is 6.63. The van der Waals surface area contributed by atoms with Crippen LogP contribution < -0.4 is 10.7 Å². The van der Waals surface area contributed by atoms with Gasteiger partial charge in [0.2, 0.25) is 5.91 Å². The van der Waals surface area contributed by atoms with Gasteiger partial charge in [-0.15, -0.1) is 0 Å². The summed E-state index contributed by atoms with van der Waals surface area (Å²) in [6, 6.07) is 0. The highest BCUT2D eigenvalue weighted by Gasteiger charge is 2.22. The number of nitrogens with one attached hydrogen (secondary N) is 2. The van der Waals surface area contributed by atoms with Crippen molar-refractivity contribution in [2.75, 3.05) is 39.4 Å². The van der Waals surface area contributed by atoms with Crippen LogP contribution in [-0.2, 0) is 14.3 Å². The van der Waals surface area contributed by atoms with Crippen LogP contribution in [0.15, 0.2) is 5.10 Å². The Kier molecular flexibility index (Phi) is 4.86. The second-order valence-corrected chi connectivity index (χ2v) is 5.00. The van der Waals surface area contributed by atoms with E-state index in [1.165, 1.54) is 0 Å². The molecule has 1 saturated heterocycles. The van der Waals surface area contributed by atoms with Crippen molar-refractivity contribution in [1.29, 1.82) is 0 Å². The predicted octanol–water partition coefficient (Wildman–Crippen LogP) is -1.05. The van der Waals surface area contributed by atoms with Gasteiger partial charge in [0.05, 0.1) is 19.6 Å². The Morgan fingerprint density at radius 2 is 2.26 bits per heavy atom. The van der Waals surface area contributed by atoms with Crippen LogP contribution in [0, 0.1) is 5.92 Å². The highest BCUT2D eigenvalue weighted by Crippen LogP contribution is 2.03. The molecule has 19 heavy (non-hydrogen) atoms. The molecule has 0 bridgehead atoms. The van der Waals surface area contributed by atoms with Crippen LogP contribution in [0.1, 0.15) is 13.3 Å². The number of rotatable bonds is 5. The summed E-state index contributed by atoms with van der Waals surface area (Å²) in [7, 11) is 0. The average molecular weight is 268 g/mol. The SMILES string of the molecule is CC(CNC(=O)C1=NNC(=O)C1)CN1CCOCC1. The van der Waals surface area contributed by atoms with E-state index in [-0.39, 0.29) is 23.9 Å². The van der Waals surface area contributed by atoms with Crippen molar-refractivity contribution in [2.45, 2.75) is 13.3 Å². The van der Waals surface area contributed by atoms with E-state index >= 15 is 0 Å². The Bertz CT molecular complexity index is 377. The summed E-state index contributed by atoms with van der Waals surface area (Å²) in [4.78, 5) is 25.0. The molecule has 0 aromatic rings. The fourth-order valence-corrected chi connectivity index (χ4v) is 2.15. The summed E-state index contributed by atoms with van der Waals surface area (Å²) in [6.07, 6.45) is 0.0731. The van der Waals surface area contributed by atoms with Crippen molar-refractivity contribution in [3.8, 4) is 0 Å². The molecule has 2 aliphatic heterocycles. The third-order valence-corrected chi connectivity index (χ3v) is 3.19. The number of ether oxygens (including phenoxy) is 1. The predicted molar refractivity (Wildman–Crippen MR) is 69.6 cm³/mol. The van der Waals surface area contributed by atoms with Gasteiger partial charge in [0.1, 0.15) is 5.71 Å². The summed E-state index contributed by atoms with van der Waals surface area (Å²) in [5.41, 5.74) is 2.54. The number of hydrazone groups is 1. The Labute approximate surface area is 112 Å². The van der Waals surface area contributed by atoms with E-state index in [0.717, 1.165) is 32.8 Å². The molecule has 1 atom stereocenters. The number of hydrogen-bond acceptors (Lipinski definition) is 5. The summed E-state index contributed by atoms with van der Waals surface area (Å²) in [5, 5.41) is 6.50. The molecule has 0 aliphatic carbocycles. The molecular weight excluding hydrogens is 248 g/mol. The third-order valence-electron chi connectivity index (χ3n) is 3.19. The molecule has 2 amide bonds. The number of carbonyl (C=O) groups is 2. The minimum absolute atomic E-state index is 0.0731. The molecule has 0 aromatic carbocycles. The summed E-state index contributed by atoms with van der Waals surface area (Å²) >= 11 is 0. The summed E-state index contributed by atoms with van der Waals surface area (Å²) in [6.45, 7) is 7.08. The van der Waals surface area contributed by atoms with Crippen molar-refractivity contribution >= 4 is 17.5 Å². The fourth-order valence-electron chi connectivity index (χ4n) is 2.15. The maximum Gasteiger partial charge on any atom is 0.268 e. The average Bonchev–Trinajstić information content (AvgIpc) is 2.84. The third kappa shape index (κ3) is 4.29. The van der Waals surface area contributed by atoms with E-state index in [0.29, 0.717) is 12.5 Å². The van der Waals surface area contributed by atoms with Crippen molar-refractivity contribution in [3.63, 3.8) is 0 Å². The van der Waals surface area contributed by atoms with Crippen LogP contribution >= 0.6 is 0 Å². The van der Waals surface area contributed by atoms with Crippen molar-refractivity contribution < 1.29 is 14.3 Å². The first-order valence-corrected chi connectivity index (χ1v) is 6.59. The number of carbonyl (C=O) groups excluding carboxylic acids is 2. The van der Waals surface area contributed by atoms with Gasteiger partial charge < -0.3 is 10.1 Å². The molecule has 106 valence electrons. The number of amides is 2. The van der Waals surface area contributed by atoms with Crippen molar-refractivity contribution in [3.05, 3.63) is 0 Å². The van der Waals surface area contributed by atoms with Gasteiger partial charge in [-0.05, 0) is 5.92 Å². The van der Waals surface area contributed by atoms with Gasteiger partial charge >= 0.3 is 0 Å². The Hall–Kier alpha value is -1.47. The van der Waals surface area contributed by atoms with Crippen LogP contribution in [0.5, 0.6) is 0 Å². The molecule has 7 nitrogen and oxygen atoms in total.